The highest BCUT2D eigenvalue weighted by Gasteiger charge is 2.15. The quantitative estimate of drug-likeness (QED) is 0.293. The smallest absolute Gasteiger partial charge is 0.303 e. The van der Waals surface area contributed by atoms with Gasteiger partial charge in [-0.1, -0.05) is 12.1 Å². The summed E-state index contributed by atoms with van der Waals surface area (Å²) in [7, 11) is 0. The van der Waals surface area contributed by atoms with Gasteiger partial charge in [0.2, 0.25) is 0 Å². The first-order chi connectivity index (χ1) is 14.0. The second-order valence-electron chi connectivity index (χ2n) is 7.02. The molecule has 1 aromatic carbocycles. The molecule has 1 saturated heterocycles. The molecular weight excluding hydrogens is 374 g/mol. The Morgan fingerprint density at radius 2 is 2.07 bits per heavy atom. The number of aromatic nitrogens is 1. The maximum absolute atomic E-state index is 12.6. The average molecular weight is 401 g/mol. The first-order valence-electron chi connectivity index (χ1n) is 9.65. The molecule has 6 N–H and O–H groups in total. The molecule has 29 heavy (non-hydrogen) atoms. The minimum atomic E-state index is -0.820. The van der Waals surface area contributed by atoms with Crippen LogP contribution in [0.2, 0.25) is 0 Å². The lowest BCUT2D eigenvalue weighted by atomic mass is 10.1. The van der Waals surface area contributed by atoms with Crippen LogP contribution in [0, 0.1) is 0 Å². The van der Waals surface area contributed by atoms with E-state index in [4.69, 9.17) is 21.4 Å². The third-order valence-corrected chi connectivity index (χ3v) is 4.88. The van der Waals surface area contributed by atoms with Crippen LogP contribution in [0.25, 0.3) is 16.6 Å². The number of nitrogens with zero attached hydrogens (tertiary/aromatic N) is 2. The maximum Gasteiger partial charge on any atom is 0.303 e. The number of carbonyl (C=O) groups is 1. The molecular formula is C20H27N5O4. The van der Waals surface area contributed by atoms with E-state index in [-0.39, 0.29) is 11.8 Å². The number of ether oxygens (including phenoxy) is 1. The van der Waals surface area contributed by atoms with E-state index < -0.39 is 5.97 Å². The van der Waals surface area contributed by atoms with Crippen LogP contribution in [0.1, 0.15) is 24.8 Å². The van der Waals surface area contributed by atoms with Gasteiger partial charge in [-0.25, -0.2) is 5.84 Å². The number of hydrogen-bond acceptors (Lipinski definition) is 7. The van der Waals surface area contributed by atoms with Crippen LogP contribution in [0.15, 0.2) is 35.3 Å². The van der Waals surface area contributed by atoms with Gasteiger partial charge in [-0.05, 0) is 18.9 Å². The second-order valence-corrected chi connectivity index (χ2v) is 7.02. The SMILES string of the molecule is N/C(=C\N(N)CCCCC(=O)O)c1cccc2c(=O)cc(N3CCOCC3)[nH]c12. The van der Waals surface area contributed by atoms with E-state index in [1.54, 1.807) is 24.4 Å². The minimum absolute atomic E-state index is 0.0758. The lowest BCUT2D eigenvalue weighted by Crippen LogP contribution is -2.37. The molecule has 0 saturated carbocycles. The highest BCUT2D eigenvalue weighted by molar-refractivity contribution is 5.91. The second kappa shape index (κ2) is 9.44. The van der Waals surface area contributed by atoms with Gasteiger partial charge in [0.1, 0.15) is 5.82 Å². The van der Waals surface area contributed by atoms with Crippen molar-refractivity contribution in [3.63, 3.8) is 0 Å². The molecule has 0 bridgehead atoms. The van der Waals surface area contributed by atoms with Crippen molar-refractivity contribution >= 4 is 28.4 Å². The number of nitrogens with one attached hydrogen (secondary N) is 1. The summed E-state index contributed by atoms with van der Waals surface area (Å²) in [4.78, 5) is 28.7. The number of carboxylic acids is 1. The summed E-state index contributed by atoms with van der Waals surface area (Å²) in [5, 5.41) is 10.7. The predicted octanol–water partition coefficient (Wildman–Crippen LogP) is 1.05. The van der Waals surface area contributed by atoms with E-state index in [1.165, 1.54) is 5.01 Å². The number of aromatic amines is 1. The van der Waals surface area contributed by atoms with Crippen LogP contribution < -0.4 is 21.9 Å². The first kappa shape index (κ1) is 20.7. The number of H-pyrrole nitrogens is 1. The van der Waals surface area contributed by atoms with Crippen molar-refractivity contribution in [2.75, 3.05) is 37.7 Å². The van der Waals surface area contributed by atoms with E-state index in [1.807, 2.05) is 6.07 Å². The van der Waals surface area contributed by atoms with E-state index in [2.05, 4.69) is 9.88 Å². The molecule has 0 aliphatic carbocycles. The van der Waals surface area contributed by atoms with Gasteiger partial charge in [-0.2, -0.15) is 0 Å². The van der Waals surface area contributed by atoms with Crippen LogP contribution in [0.4, 0.5) is 5.82 Å². The standard InChI is InChI=1S/C20H27N5O4/c21-16(13-25(22)7-2-1-6-19(27)28)14-4-3-5-15-17(26)12-18(23-20(14)15)24-8-10-29-11-9-24/h3-5,12-13H,1-2,6-11,21-22H2,(H,23,26)(H,27,28)/b16-13-. The monoisotopic (exact) mass is 401 g/mol. The number of pyridine rings is 1. The largest absolute Gasteiger partial charge is 0.481 e. The number of fused-ring (bicyclic) bond motifs is 1. The number of unbranched alkanes of at least 4 members (excludes halogenated alkanes) is 1. The zero-order valence-corrected chi connectivity index (χ0v) is 16.3. The Kier molecular flexibility index (Phi) is 6.73. The maximum atomic E-state index is 12.6. The van der Waals surface area contributed by atoms with Crippen molar-refractivity contribution in [2.24, 2.45) is 11.6 Å². The Bertz CT molecular complexity index is 950. The van der Waals surface area contributed by atoms with Gasteiger partial charge in [0.05, 0.1) is 24.4 Å². The van der Waals surface area contributed by atoms with Crippen molar-refractivity contribution in [3.8, 4) is 0 Å². The summed E-state index contributed by atoms with van der Waals surface area (Å²) in [5.41, 5.74) is 7.98. The summed E-state index contributed by atoms with van der Waals surface area (Å²) in [6, 6.07) is 7.00. The summed E-state index contributed by atoms with van der Waals surface area (Å²) in [6.07, 6.45) is 2.90. The number of nitrogens with two attached hydrogens (primary N) is 2. The van der Waals surface area contributed by atoms with E-state index in [9.17, 15) is 9.59 Å². The van der Waals surface area contributed by atoms with Crippen LogP contribution in [-0.4, -0.2) is 53.9 Å². The molecule has 1 aromatic heterocycles. The Balaban J connectivity index is 1.84. The summed E-state index contributed by atoms with van der Waals surface area (Å²) < 4.78 is 5.38. The molecule has 0 radical (unpaired) electrons. The molecule has 9 heteroatoms. The van der Waals surface area contributed by atoms with Gasteiger partial charge in [-0.3, -0.25) is 9.59 Å². The van der Waals surface area contributed by atoms with Crippen LogP contribution in [-0.2, 0) is 9.53 Å². The predicted molar refractivity (Wildman–Crippen MR) is 112 cm³/mol. The van der Waals surface area contributed by atoms with Crippen molar-refractivity contribution < 1.29 is 14.6 Å². The molecule has 2 aromatic rings. The Morgan fingerprint density at radius 1 is 1.31 bits per heavy atom. The number of hydrazine groups is 1. The average Bonchev–Trinajstić information content (AvgIpc) is 2.71. The normalized spacial score (nSPS) is 14.9. The van der Waals surface area contributed by atoms with Gasteiger partial charge in [-0.15, -0.1) is 0 Å². The fraction of sp³-hybridized carbons (Fsp3) is 0.400. The van der Waals surface area contributed by atoms with Gasteiger partial charge in [0.25, 0.3) is 0 Å². The lowest BCUT2D eigenvalue weighted by molar-refractivity contribution is -0.137. The molecule has 0 amide bonds. The Morgan fingerprint density at radius 3 is 2.79 bits per heavy atom. The number of aliphatic carboxylic acids is 1. The van der Waals surface area contributed by atoms with Crippen molar-refractivity contribution in [3.05, 3.63) is 46.3 Å². The van der Waals surface area contributed by atoms with Gasteiger partial charge >= 0.3 is 5.97 Å². The zero-order chi connectivity index (χ0) is 20.8. The van der Waals surface area contributed by atoms with Gasteiger partial charge < -0.3 is 30.5 Å². The molecule has 156 valence electrons. The molecule has 1 aliphatic rings. The molecule has 2 heterocycles. The topological polar surface area (TPSA) is 138 Å². The third-order valence-electron chi connectivity index (χ3n) is 4.88. The van der Waals surface area contributed by atoms with Crippen molar-refractivity contribution in [2.45, 2.75) is 19.3 Å². The number of carboxylic acid groups (broad SMARTS) is 1. The molecule has 0 spiro atoms. The molecule has 9 nitrogen and oxygen atoms in total. The number of morpholine rings is 1. The number of hydrogen-bond donors (Lipinski definition) is 4. The van der Waals surface area contributed by atoms with E-state index in [0.29, 0.717) is 67.9 Å². The number of anilines is 1. The first-order valence-corrected chi connectivity index (χ1v) is 9.65. The van der Waals surface area contributed by atoms with E-state index in [0.717, 1.165) is 5.82 Å². The molecule has 3 rings (SSSR count). The zero-order valence-electron chi connectivity index (χ0n) is 16.3. The fourth-order valence-electron chi connectivity index (χ4n) is 3.36. The van der Waals surface area contributed by atoms with Crippen molar-refractivity contribution in [1.29, 1.82) is 0 Å². The molecule has 1 aliphatic heterocycles. The molecule has 0 atom stereocenters. The summed E-state index contributed by atoms with van der Waals surface area (Å²) in [6.45, 7) is 3.14. The van der Waals surface area contributed by atoms with Gasteiger partial charge in [0.15, 0.2) is 5.43 Å². The summed E-state index contributed by atoms with van der Waals surface area (Å²) >= 11 is 0. The fourth-order valence-corrected chi connectivity index (χ4v) is 3.36. The van der Waals surface area contributed by atoms with E-state index >= 15 is 0 Å². The Hall–Kier alpha value is -3.04. The van der Waals surface area contributed by atoms with Crippen LogP contribution >= 0.6 is 0 Å². The minimum Gasteiger partial charge on any atom is -0.481 e. The molecule has 0 unspecified atom stereocenters. The van der Waals surface area contributed by atoms with Crippen LogP contribution in [0.3, 0.4) is 0 Å². The lowest BCUT2D eigenvalue weighted by Gasteiger charge is -2.28. The molecule has 1 fully saturated rings. The number of para-hydroxylation sites is 1. The van der Waals surface area contributed by atoms with Crippen LogP contribution in [0.5, 0.6) is 0 Å². The summed E-state index contributed by atoms with van der Waals surface area (Å²) in [5.74, 6) is 5.91. The van der Waals surface area contributed by atoms with Crippen molar-refractivity contribution in [1.82, 2.24) is 9.99 Å². The Labute approximate surface area is 168 Å². The van der Waals surface area contributed by atoms with Gasteiger partial charge in [0, 0.05) is 49.3 Å². The highest BCUT2D eigenvalue weighted by Crippen LogP contribution is 2.22. The number of benzene rings is 1. The third kappa shape index (κ3) is 5.27. The number of rotatable bonds is 8. The highest BCUT2D eigenvalue weighted by atomic mass is 16.5.